The zero-order chi connectivity index (χ0) is 22.0. The first kappa shape index (κ1) is 19.4. The molecule has 32 heavy (non-hydrogen) atoms. The van der Waals surface area contributed by atoms with Crippen molar-refractivity contribution in [2.45, 2.75) is 45.6 Å². The molecule has 4 aromatic heterocycles. The largest absolute Gasteiger partial charge is 0.291 e. The summed E-state index contributed by atoms with van der Waals surface area (Å²) < 4.78 is 4.98. The molecular weight excluding hydrogens is 424 g/mol. The van der Waals surface area contributed by atoms with Crippen molar-refractivity contribution in [3.63, 3.8) is 0 Å². The van der Waals surface area contributed by atoms with Crippen LogP contribution in [-0.4, -0.2) is 28.7 Å². The molecule has 0 fully saturated rings. The third-order valence-corrected chi connectivity index (χ3v) is 7.64. The fourth-order valence-electron chi connectivity index (χ4n) is 4.78. The highest BCUT2D eigenvalue weighted by Crippen LogP contribution is 2.32. The molecule has 5 aromatic rings. The first-order valence-corrected chi connectivity index (χ1v) is 11.7. The fraction of sp³-hybridized carbons (Fsp3) is 0.348. The van der Waals surface area contributed by atoms with Gasteiger partial charge in [0.15, 0.2) is 5.82 Å². The number of thiophene rings is 1. The van der Waals surface area contributed by atoms with Crippen molar-refractivity contribution in [1.29, 1.82) is 0 Å². The van der Waals surface area contributed by atoms with E-state index in [2.05, 4.69) is 15.2 Å². The number of hydrogen-bond donors (Lipinski definition) is 0. The summed E-state index contributed by atoms with van der Waals surface area (Å²) in [5, 5.41) is 9.96. The molecule has 6 rings (SSSR count). The van der Waals surface area contributed by atoms with Gasteiger partial charge in [-0.05, 0) is 50.3 Å². The Balaban J connectivity index is 1.55. The van der Waals surface area contributed by atoms with Gasteiger partial charge in [0.1, 0.15) is 4.83 Å². The van der Waals surface area contributed by atoms with Crippen molar-refractivity contribution in [1.82, 2.24) is 28.7 Å². The van der Waals surface area contributed by atoms with Crippen LogP contribution in [0.2, 0.25) is 0 Å². The van der Waals surface area contributed by atoms with Gasteiger partial charge in [-0.3, -0.25) is 23.1 Å². The third kappa shape index (κ3) is 2.77. The smallest absolute Gasteiger partial charge is 0.262 e. The molecule has 162 valence electrons. The van der Waals surface area contributed by atoms with E-state index < -0.39 is 0 Å². The Morgan fingerprint density at radius 1 is 1.06 bits per heavy atom. The van der Waals surface area contributed by atoms with Crippen molar-refractivity contribution in [2.24, 2.45) is 7.05 Å². The van der Waals surface area contributed by atoms with Crippen LogP contribution in [0.4, 0.5) is 0 Å². The Morgan fingerprint density at radius 3 is 2.78 bits per heavy atom. The normalized spacial score (nSPS) is 14.3. The highest BCUT2D eigenvalue weighted by Gasteiger charge is 2.21. The van der Waals surface area contributed by atoms with Crippen LogP contribution < -0.4 is 11.1 Å². The molecule has 0 amide bonds. The molecule has 0 N–H and O–H groups in total. The number of rotatable bonds is 2. The van der Waals surface area contributed by atoms with E-state index in [4.69, 9.17) is 0 Å². The molecule has 0 atom stereocenters. The summed E-state index contributed by atoms with van der Waals surface area (Å²) in [6.07, 6.45) is 7.07. The second kappa shape index (κ2) is 7.09. The summed E-state index contributed by atoms with van der Waals surface area (Å²) >= 11 is 1.66. The second-order valence-corrected chi connectivity index (χ2v) is 9.64. The van der Waals surface area contributed by atoms with Crippen LogP contribution in [0.15, 0.2) is 34.1 Å². The van der Waals surface area contributed by atoms with Gasteiger partial charge >= 0.3 is 0 Å². The first-order valence-electron chi connectivity index (χ1n) is 10.9. The quantitative estimate of drug-likeness (QED) is 0.389. The van der Waals surface area contributed by atoms with E-state index in [9.17, 15) is 9.59 Å². The lowest BCUT2D eigenvalue weighted by molar-refractivity contribution is 0.698. The zero-order valence-electron chi connectivity index (χ0n) is 18.0. The third-order valence-electron chi connectivity index (χ3n) is 6.44. The van der Waals surface area contributed by atoms with Crippen LogP contribution in [0.5, 0.6) is 0 Å². The topological polar surface area (TPSA) is 87.1 Å². The van der Waals surface area contributed by atoms with E-state index in [1.54, 1.807) is 29.3 Å². The number of fused-ring (bicyclic) bond motifs is 6. The fourth-order valence-corrected chi connectivity index (χ4v) is 6.00. The summed E-state index contributed by atoms with van der Waals surface area (Å²) in [5.41, 5.74) is 2.78. The van der Waals surface area contributed by atoms with Crippen LogP contribution in [-0.2, 0) is 26.4 Å². The van der Waals surface area contributed by atoms with Gasteiger partial charge in [0.2, 0.25) is 5.78 Å². The van der Waals surface area contributed by atoms with E-state index in [1.165, 1.54) is 27.8 Å². The summed E-state index contributed by atoms with van der Waals surface area (Å²) in [4.78, 5) is 33.0. The molecule has 9 heteroatoms. The van der Waals surface area contributed by atoms with E-state index in [1.807, 2.05) is 29.5 Å². The van der Waals surface area contributed by atoms with E-state index in [-0.39, 0.29) is 17.7 Å². The molecule has 0 saturated carbocycles. The van der Waals surface area contributed by atoms with Crippen LogP contribution in [0.3, 0.4) is 0 Å². The maximum atomic E-state index is 13.5. The van der Waals surface area contributed by atoms with Gasteiger partial charge in [0, 0.05) is 11.9 Å². The molecule has 0 saturated heterocycles. The van der Waals surface area contributed by atoms with Crippen molar-refractivity contribution in [3.05, 3.63) is 67.1 Å². The average Bonchev–Trinajstić information content (AvgIpc) is 3.28. The summed E-state index contributed by atoms with van der Waals surface area (Å²) in [6, 6.07) is 5.75. The summed E-state index contributed by atoms with van der Waals surface area (Å²) in [5.74, 6) is 1.04. The molecule has 0 unspecified atom stereocenters. The minimum atomic E-state index is -0.114. The molecule has 0 radical (unpaired) electrons. The minimum Gasteiger partial charge on any atom is -0.291 e. The van der Waals surface area contributed by atoms with Gasteiger partial charge < -0.3 is 0 Å². The Hall–Kier alpha value is -3.33. The Kier molecular flexibility index (Phi) is 4.29. The number of benzene rings is 1. The van der Waals surface area contributed by atoms with Crippen molar-refractivity contribution >= 4 is 38.2 Å². The van der Waals surface area contributed by atoms with Gasteiger partial charge in [0.25, 0.3) is 11.1 Å². The lowest BCUT2D eigenvalue weighted by Gasteiger charge is -2.09. The van der Waals surface area contributed by atoms with E-state index >= 15 is 0 Å². The van der Waals surface area contributed by atoms with Crippen LogP contribution in [0, 0.1) is 6.92 Å². The highest BCUT2D eigenvalue weighted by molar-refractivity contribution is 7.18. The minimum absolute atomic E-state index is 0.0314. The number of hydrogen-bond acceptors (Lipinski definition) is 6. The molecule has 1 aliphatic rings. The molecule has 0 bridgehead atoms. The monoisotopic (exact) mass is 446 g/mol. The molecule has 0 aliphatic heterocycles. The van der Waals surface area contributed by atoms with Crippen LogP contribution in [0.1, 0.15) is 41.1 Å². The number of nitrogens with zero attached hydrogens (tertiary/aromatic N) is 6. The predicted molar refractivity (Wildman–Crippen MR) is 125 cm³/mol. The van der Waals surface area contributed by atoms with Crippen molar-refractivity contribution < 1.29 is 0 Å². The molecule has 1 aromatic carbocycles. The van der Waals surface area contributed by atoms with Crippen LogP contribution >= 0.6 is 11.3 Å². The number of aromatic nitrogens is 6. The maximum absolute atomic E-state index is 13.5. The Morgan fingerprint density at radius 2 is 1.91 bits per heavy atom. The van der Waals surface area contributed by atoms with Gasteiger partial charge in [0.05, 0.1) is 29.2 Å². The van der Waals surface area contributed by atoms with Gasteiger partial charge in [-0.25, -0.2) is 4.98 Å². The van der Waals surface area contributed by atoms with Crippen molar-refractivity contribution in [2.75, 3.05) is 0 Å². The average molecular weight is 447 g/mol. The van der Waals surface area contributed by atoms with Crippen LogP contribution in [0.25, 0.3) is 26.9 Å². The molecule has 1 aliphatic carbocycles. The lowest BCUT2D eigenvalue weighted by Crippen LogP contribution is -2.24. The second-order valence-electron chi connectivity index (χ2n) is 8.56. The first-order chi connectivity index (χ1) is 15.5. The van der Waals surface area contributed by atoms with E-state index in [0.29, 0.717) is 17.0 Å². The highest BCUT2D eigenvalue weighted by atomic mass is 32.1. The zero-order valence-corrected chi connectivity index (χ0v) is 18.8. The van der Waals surface area contributed by atoms with E-state index in [0.717, 1.165) is 40.6 Å². The number of aryl methyl sites for hydroxylation is 4. The van der Waals surface area contributed by atoms with Crippen molar-refractivity contribution in [3.8, 4) is 0 Å². The van der Waals surface area contributed by atoms with Gasteiger partial charge in [-0.2, -0.15) is 0 Å². The van der Waals surface area contributed by atoms with Gasteiger partial charge in [-0.1, -0.05) is 18.1 Å². The maximum Gasteiger partial charge on any atom is 0.262 e. The molecule has 0 spiro atoms. The Bertz CT molecular complexity index is 1660. The van der Waals surface area contributed by atoms with Gasteiger partial charge in [-0.15, -0.1) is 21.5 Å². The molecule has 8 nitrogen and oxygen atoms in total. The standard InChI is InChI=1S/C23H22N6O2S/c1-13-8-9-16-15(10-13)21(30)27(2)23-26-25-18(29(16)23)11-28-12-24-20-19(22(28)31)14-6-4-3-5-7-17(14)32-20/h8-10,12H,3-7,11H2,1-2H3. The molecular formula is C23H22N6O2S. The predicted octanol–water partition coefficient (Wildman–Crippen LogP) is 2.98. The summed E-state index contributed by atoms with van der Waals surface area (Å²) in [6.45, 7) is 2.19. The summed E-state index contributed by atoms with van der Waals surface area (Å²) in [7, 11) is 1.69. The lowest BCUT2D eigenvalue weighted by atomic mass is 10.1. The Labute approximate surface area is 186 Å². The SMILES string of the molecule is Cc1ccc2c(c1)c(=O)n(C)c1nnc(Cn3cnc4sc5c(c4c3=O)CCCCC5)n21. The molecule has 4 heterocycles.